The van der Waals surface area contributed by atoms with Crippen LogP contribution in [0.15, 0.2) is 39.3 Å². The molecule has 0 radical (unpaired) electrons. The van der Waals surface area contributed by atoms with Gasteiger partial charge in [-0.25, -0.2) is 9.88 Å². The second-order valence-corrected chi connectivity index (χ2v) is 5.29. The summed E-state index contributed by atoms with van der Waals surface area (Å²) in [5.41, 5.74) is 0. The van der Waals surface area contributed by atoms with E-state index in [-0.39, 0.29) is 11.1 Å². The first-order chi connectivity index (χ1) is 8.75. The van der Waals surface area contributed by atoms with Crippen molar-refractivity contribution in [1.29, 1.82) is 5.41 Å². The predicted octanol–water partition coefficient (Wildman–Crippen LogP) is 2.79. The van der Waals surface area contributed by atoms with Crippen LogP contribution < -0.4 is 4.90 Å². The van der Waals surface area contributed by atoms with Gasteiger partial charge in [0, 0.05) is 17.7 Å². The first-order valence-electron chi connectivity index (χ1n) is 5.01. The number of amidine groups is 1. The lowest BCUT2D eigenvalue weighted by atomic mass is 10.3. The molecule has 2 aromatic heterocycles. The van der Waals surface area contributed by atoms with Gasteiger partial charge in [-0.3, -0.25) is 10.2 Å². The topological polar surface area (TPSA) is 70.2 Å². The van der Waals surface area contributed by atoms with Gasteiger partial charge in [0.15, 0.2) is 10.3 Å². The fourth-order valence-corrected chi connectivity index (χ4v) is 3.01. The highest BCUT2D eigenvalue weighted by atomic mass is 32.2. The van der Waals surface area contributed by atoms with Gasteiger partial charge >= 0.3 is 0 Å². The minimum Gasteiger partial charge on any atom is -0.465 e. The summed E-state index contributed by atoms with van der Waals surface area (Å²) in [7, 11) is 0. The van der Waals surface area contributed by atoms with Crippen molar-refractivity contribution in [2.24, 2.45) is 0 Å². The maximum atomic E-state index is 12.2. The lowest BCUT2D eigenvalue weighted by Crippen LogP contribution is -2.27. The fraction of sp³-hybridized carbons (Fsp3) is 0. The number of carbonyl (C=O) groups is 1. The molecular weight excluding hydrogens is 270 g/mol. The third kappa shape index (κ3) is 1.87. The second-order valence-electron chi connectivity index (χ2n) is 3.39. The molecule has 1 fully saturated rings. The Bertz CT molecular complexity index is 617. The molecule has 3 rings (SSSR count). The molecule has 0 spiro atoms. The van der Waals surface area contributed by atoms with Crippen molar-refractivity contribution in [3.63, 3.8) is 0 Å². The number of nitrogens with one attached hydrogen (secondary N) is 1. The van der Waals surface area contributed by atoms with E-state index in [9.17, 15) is 4.79 Å². The van der Waals surface area contributed by atoms with E-state index >= 15 is 0 Å². The molecule has 0 aliphatic carbocycles. The Morgan fingerprint density at radius 2 is 2.39 bits per heavy atom. The van der Waals surface area contributed by atoms with E-state index in [0.29, 0.717) is 15.8 Å². The average molecular weight is 277 g/mol. The van der Waals surface area contributed by atoms with Crippen LogP contribution in [-0.4, -0.2) is 16.1 Å². The molecule has 7 heteroatoms. The predicted molar refractivity (Wildman–Crippen MR) is 71.6 cm³/mol. The van der Waals surface area contributed by atoms with Gasteiger partial charge in [0.25, 0.3) is 5.91 Å². The first kappa shape index (κ1) is 11.2. The third-order valence-corrected chi connectivity index (χ3v) is 3.90. The average Bonchev–Trinajstić information content (AvgIpc) is 3.03. The maximum Gasteiger partial charge on any atom is 0.273 e. The zero-order valence-electron chi connectivity index (χ0n) is 8.99. The summed E-state index contributed by atoms with van der Waals surface area (Å²) in [5.74, 6) is 0.357. The van der Waals surface area contributed by atoms with Crippen LogP contribution >= 0.6 is 23.1 Å². The first-order valence-corrected chi connectivity index (χ1v) is 6.71. The highest BCUT2D eigenvalue weighted by Crippen LogP contribution is 2.35. The van der Waals surface area contributed by atoms with E-state index in [1.54, 1.807) is 36.0 Å². The van der Waals surface area contributed by atoms with Crippen molar-refractivity contribution in [2.75, 3.05) is 4.90 Å². The van der Waals surface area contributed by atoms with Crippen LogP contribution in [0.2, 0.25) is 0 Å². The van der Waals surface area contributed by atoms with Crippen molar-refractivity contribution in [1.82, 2.24) is 4.98 Å². The maximum absolute atomic E-state index is 12.2. The fourth-order valence-electron chi connectivity index (χ4n) is 1.49. The van der Waals surface area contributed by atoms with Crippen LogP contribution in [0.4, 0.5) is 5.13 Å². The van der Waals surface area contributed by atoms with E-state index < -0.39 is 0 Å². The summed E-state index contributed by atoms with van der Waals surface area (Å²) in [5, 5.41) is 10.3. The van der Waals surface area contributed by atoms with Gasteiger partial charge in [0.2, 0.25) is 0 Å². The Labute approximate surface area is 111 Å². The van der Waals surface area contributed by atoms with E-state index in [4.69, 9.17) is 9.83 Å². The summed E-state index contributed by atoms with van der Waals surface area (Å²) in [6.45, 7) is 0. The lowest BCUT2D eigenvalue weighted by molar-refractivity contribution is -0.113. The second kappa shape index (κ2) is 4.43. The van der Waals surface area contributed by atoms with Crippen LogP contribution in [0.1, 0.15) is 5.76 Å². The number of hydrogen-bond donors (Lipinski definition) is 1. The molecule has 0 atom stereocenters. The number of thiazole rings is 1. The number of amides is 1. The van der Waals surface area contributed by atoms with Gasteiger partial charge in [-0.2, -0.15) is 0 Å². The molecule has 0 bridgehead atoms. The Hall–Kier alpha value is -1.86. The number of nitrogens with zero attached hydrogens (tertiary/aromatic N) is 2. The zero-order valence-corrected chi connectivity index (χ0v) is 10.6. The van der Waals surface area contributed by atoms with Crippen LogP contribution in [0.3, 0.4) is 0 Å². The molecule has 1 aliphatic rings. The molecular formula is C11H7N3O2S2. The smallest absolute Gasteiger partial charge is 0.273 e. The van der Waals surface area contributed by atoms with Crippen molar-refractivity contribution in [2.45, 2.75) is 0 Å². The number of hydrogen-bond acceptors (Lipinski definition) is 6. The number of anilines is 1. The molecule has 0 aromatic carbocycles. The van der Waals surface area contributed by atoms with Gasteiger partial charge in [0.1, 0.15) is 5.76 Å². The SMILES string of the molecule is N=C1S/C(=C/c2ccco2)C(=O)N1c1nccs1. The Morgan fingerprint density at radius 3 is 3.06 bits per heavy atom. The Morgan fingerprint density at radius 1 is 1.50 bits per heavy atom. The van der Waals surface area contributed by atoms with Crippen molar-refractivity contribution >= 4 is 45.4 Å². The minimum atomic E-state index is -0.239. The summed E-state index contributed by atoms with van der Waals surface area (Å²) in [6.07, 6.45) is 4.79. The zero-order chi connectivity index (χ0) is 12.5. The summed E-state index contributed by atoms with van der Waals surface area (Å²) in [6, 6.07) is 3.51. The number of carbonyl (C=O) groups excluding carboxylic acids is 1. The third-order valence-electron chi connectivity index (χ3n) is 2.25. The van der Waals surface area contributed by atoms with Crippen molar-refractivity contribution < 1.29 is 9.21 Å². The molecule has 3 heterocycles. The molecule has 1 saturated heterocycles. The summed E-state index contributed by atoms with van der Waals surface area (Å²) >= 11 is 2.43. The highest BCUT2D eigenvalue weighted by Gasteiger charge is 2.35. The largest absolute Gasteiger partial charge is 0.465 e. The number of rotatable bonds is 2. The van der Waals surface area contributed by atoms with Gasteiger partial charge in [-0.15, -0.1) is 11.3 Å². The minimum absolute atomic E-state index is 0.160. The molecule has 1 aliphatic heterocycles. The highest BCUT2D eigenvalue weighted by molar-refractivity contribution is 8.19. The molecule has 2 aromatic rings. The molecule has 5 nitrogen and oxygen atoms in total. The lowest BCUT2D eigenvalue weighted by Gasteiger charge is -2.08. The molecule has 0 saturated carbocycles. The standard InChI is InChI=1S/C11H7N3O2S2/c12-10-14(11-13-3-5-17-11)9(15)8(18-10)6-7-2-1-4-16-7/h1-6,12H/b8-6+,12-10?. The quantitative estimate of drug-likeness (QED) is 0.857. The van der Waals surface area contributed by atoms with E-state index in [1.165, 1.54) is 16.2 Å². The summed E-state index contributed by atoms with van der Waals surface area (Å²) in [4.78, 5) is 18.0. The van der Waals surface area contributed by atoms with Gasteiger partial charge in [-0.1, -0.05) is 0 Å². The molecule has 90 valence electrons. The molecule has 0 unspecified atom stereocenters. The molecule has 1 amide bonds. The van der Waals surface area contributed by atoms with Crippen LogP contribution in [0, 0.1) is 5.41 Å². The number of thioether (sulfide) groups is 1. The van der Waals surface area contributed by atoms with E-state index in [0.717, 1.165) is 11.8 Å². The normalized spacial score (nSPS) is 18.0. The number of aromatic nitrogens is 1. The van der Waals surface area contributed by atoms with Crippen molar-refractivity contribution in [3.05, 3.63) is 40.6 Å². The molecule has 1 N–H and O–H groups in total. The number of furan rings is 1. The van der Waals surface area contributed by atoms with E-state index in [1.807, 2.05) is 0 Å². The van der Waals surface area contributed by atoms with Gasteiger partial charge < -0.3 is 4.42 Å². The van der Waals surface area contributed by atoms with Crippen molar-refractivity contribution in [3.8, 4) is 0 Å². The molecule has 18 heavy (non-hydrogen) atoms. The van der Waals surface area contributed by atoms with Crippen LogP contribution in [-0.2, 0) is 4.79 Å². The Balaban J connectivity index is 1.94. The Kier molecular flexibility index (Phi) is 2.77. The van der Waals surface area contributed by atoms with Crippen LogP contribution in [0.25, 0.3) is 6.08 Å². The van der Waals surface area contributed by atoms with Gasteiger partial charge in [0.05, 0.1) is 11.2 Å². The van der Waals surface area contributed by atoms with E-state index in [2.05, 4.69) is 4.98 Å². The summed E-state index contributed by atoms with van der Waals surface area (Å²) < 4.78 is 5.16. The monoisotopic (exact) mass is 277 g/mol. The van der Waals surface area contributed by atoms with Gasteiger partial charge in [-0.05, 0) is 23.9 Å². The van der Waals surface area contributed by atoms with Crippen LogP contribution in [0.5, 0.6) is 0 Å².